The number of thiazole rings is 1. The van der Waals surface area contributed by atoms with Crippen LogP contribution >= 0.6 is 11.3 Å². The lowest BCUT2D eigenvalue weighted by Gasteiger charge is -2.34. The van der Waals surface area contributed by atoms with Crippen molar-refractivity contribution in [2.45, 2.75) is 25.5 Å². The van der Waals surface area contributed by atoms with Crippen LogP contribution in [0.15, 0.2) is 60.8 Å². The van der Waals surface area contributed by atoms with Gasteiger partial charge in [0.2, 0.25) is 0 Å². The van der Waals surface area contributed by atoms with Crippen LogP contribution in [0.5, 0.6) is 0 Å². The van der Waals surface area contributed by atoms with Crippen molar-refractivity contribution in [3.05, 3.63) is 65.7 Å². The van der Waals surface area contributed by atoms with Gasteiger partial charge in [-0.2, -0.15) is 0 Å². The molecule has 2 saturated heterocycles. The van der Waals surface area contributed by atoms with Gasteiger partial charge in [0, 0.05) is 74.7 Å². The van der Waals surface area contributed by atoms with E-state index in [1.54, 1.807) is 17.4 Å². The van der Waals surface area contributed by atoms with E-state index in [0.29, 0.717) is 5.13 Å². The second-order valence-corrected chi connectivity index (χ2v) is 8.95. The molecule has 2 N–H and O–H groups in total. The fourth-order valence-electron chi connectivity index (χ4n) is 3.64. The molecule has 1 aromatic rings. The molecule has 0 atom stereocenters. The van der Waals surface area contributed by atoms with Gasteiger partial charge in [-0.25, -0.2) is 4.98 Å². The van der Waals surface area contributed by atoms with Gasteiger partial charge in [-0.15, -0.1) is 17.1 Å². The third-order valence-electron chi connectivity index (χ3n) is 5.46. The molecule has 1 aromatic heterocycles. The summed E-state index contributed by atoms with van der Waals surface area (Å²) in [6.07, 6.45) is 11.5. The van der Waals surface area contributed by atoms with E-state index in [1.165, 1.54) is 4.88 Å². The maximum atomic E-state index is 6.22. The molecule has 0 bridgehead atoms. The molecule has 2 aliphatic heterocycles. The van der Waals surface area contributed by atoms with Gasteiger partial charge >= 0.3 is 0 Å². The molecule has 0 aromatic carbocycles. The summed E-state index contributed by atoms with van der Waals surface area (Å²) >= 11 is 1.56. The summed E-state index contributed by atoms with van der Waals surface area (Å²) in [4.78, 5) is 12.4. The van der Waals surface area contributed by atoms with E-state index in [0.717, 1.165) is 70.1 Å². The van der Waals surface area contributed by atoms with Gasteiger partial charge in [0.05, 0.1) is 0 Å². The standard InChI is InChI=1S/C23H33N5OS/c1-4-6-20(8-5-7-19(2)28-15-13-26(3)14-16-28)29-21-9-11-27(12-10-21)18-22-17-25-23(24)30-22/h4,6-8,17,21H,1-2,9-16,18H2,3H3,(H2,24,25)/b20-6+. The van der Waals surface area contributed by atoms with E-state index < -0.39 is 0 Å². The van der Waals surface area contributed by atoms with Gasteiger partial charge < -0.3 is 20.3 Å². The number of piperazine rings is 1. The van der Waals surface area contributed by atoms with Crippen molar-refractivity contribution in [1.29, 1.82) is 0 Å². The molecule has 6 nitrogen and oxygen atoms in total. The summed E-state index contributed by atoms with van der Waals surface area (Å²) in [5, 5.41) is 0.637. The number of nitrogens with two attached hydrogens (primary N) is 1. The summed E-state index contributed by atoms with van der Waals surface area (Å²) in [7, 11) is 2.15. The molecular weight excluding hydrogens is 394 g/mol. The number of nitrogen functional groups attached to an aromatic ring is 1. The van der Waals surface area contributed by atoms with E-state index in [1.807, 2.05) is 24.4 Å². The molecule has 162 valence electrons. The molecule has 0 saturated carbocycles. The minimum absolute atomic E-state index is 0.206. The van der Waals surface area contributed by atoms with E-state index >= 15 is 0 Å². The van der Waals surface area contributed by atoms with Gasteiger partial charge in [-0.1, -0.05) is 19.2 Å². The van der Waals surface area contributed by atoms with Crippen LogP contribution in [-0.2, 0) is 11.3 Å². The van der Waals surface area contributed by atoms with Crippen molar-refractivity contribution in [3.8, 4) is 0 Å². The number of likely N-dealkylation sites (tertiary alicyclic amines) is 1. The van der Waals surface area contributed by atoms with Crippen molar-refractivity contribution in [2.24, 2.45) is 0 Å². The molecule has 3 rings (SSSR count). The Morgan fingerprint density at radius 3 is 2.63 bits per heavy atom. The first-order chi connectivity index (χ1) is 14.5. The smallest absolute Gasteiger partial charge is 0.180 e. The molecule has 0 unspecified atom stereocenters. The zero-order valence-corrected chi connectivity index (χ0v) is 18.7. The Balaban J connectivity index is 1.47. The van der Waals surface area contributed by atoms with Crippen molar-refractivity contribution >= 4 is 16.5 Å². The number of hydrogen-bond acceptors (Lipinski definition) is 7. The highest BCUT2D eigenvalue weighted by Gasteiger charge is 2.21. The van der Waals surface area contributed by atoms with E-state index in [9.17, 15) is 0 Å². The Morgan fingerprint density at radius 2 is 2.00 bits per heavy atom. The summed E-state index contributed by atoms with van der Waals surface area (Å²) in [5.74, 6) is 0.793. The second kappa shape index (κ2) is 11.2. The zero-order chi connectivity index (χ0) is 21.3. The largest absolute Gasteiger partial charge is 0.490 e. The minimum atomic E-state index is 0.206. The van der Waals surface area contributed by atoms with E-state index in [2.05, 4.69) is 45.6 Å². The number of allylic oxidation sites excluding steroid dienone is 4. The molecule has 2 aliphatic rings. The predicted octanol–water partition coefficient (Wildman–Crippen LogP) is 3.25. The summed E-state index contributed by atoms with van der Waals surface area (Å²) in [6.45, 7) is 15.0. The molecule has 30 heavy (non-hydrogen) atoms. The van der Waals surface area contributed by atoms with Crippen molar-refractivity contribution in [1.82, 2.24) is 19.7 Å². The third-order valence-corrected chi connectivity index (χ3v) is 6.27. The van der Waals surface area contributed by atoms with Crippen molar-refractivity contribution in [3.63, 3.8) is 0 Å². The molecule has 7 heteroatoms. The first-order valence-electron chi connectivity index (χ1n) is 10.5. The van der Waals surface area contributed by atoms with Crippen LogP contribution in [0.3, 0.4) is 0 Å². The maximum absolute atomic E-state index is 6.22. The maximum Gasteiger partial charge on any atom is 0.180 e. The monoisotopic (exact) mass is 427 g/mol. The zero-order valence-electron chi connectivity index (χ0n) is 17.9. The third kappa shape index (κ3) is 6.89. The van der Waals surface area contributed by atoms with E-state index in [-0.39, 0.29) is 6.10 Å². The second-order valence-electron chi connectivity index (χ2n) is 7.80. The molecule has 0 spiro atoms. The molecular formula is C23H33N5OS. The van der Waals surface area contributed by atoms with Crippen LogP contribution in [0.25, 0.3) is 0 Å². The number of hydrogen-bond donors (Lipinski definition) is 1. The number of anilines is 1. The molecule has 0 amide bonds. The van der Waals surface area contributed by atoms with Crippen molar-refractivity contribution in [2.75, 3.05) is 52.0 Å². The number of rotatable bonds is 8. The Hall–Kier alpha value is -2.31. The predicted molar refractivity (Wildman–Crippen MR) is 125 cm³/mol. The fourth-order valence-corrected chi connectivity index (χ4v) is 4.36. The highest BCUT2D eigenvalue weighted by molar-refractivity contribution is 7.15. The fraction of sp³-hybridized carbons (Fsp3) is 0.478. The van der Waals surface area contributed by atoms with Gasteiger partial charge in [0.25, 0.3) is 0 Å². The lowest BCUT2D eigenvalue weighted by atomic mass is 10.1. The van der Waals surface area contributed by atoms with Gasteiger partial charge in [0.1, 0.15) is 11.9 Å². The molecule has 3 heterocycles. The quantitative estimate of drug-likeness (QED) is 0.390. The van der Waals surface area contributed by atoms with Gasteiger partial charge in [-0.3, -0.25) is 4.90 Å². The highest BCUT2D eigenvalue weighted by Crippen LogP contribution is 2.22. The number of aromatic nitrogens is 1. The van der Waals surface area contributed by atoms with E-state index in [4.69, 9.17) is 10.5 Å². The van der Waals surface area contributed by atoms with Gasteiger partial charge in [-0.05, 0) is 26.0 Å². The Kier molecular flexibility index (Phi) is 8.34. The minimum Gasteiger partial charge on any atom is -0.490 e. The Morgan fingerprint density at radius 1 is 1.27 bits per heavy atom. The van der Waals surface area contributed by atoms with Crippen LogP contribution in [0.1, 0.15) is 17.7 Å². The first-order valence-corrected chi connectivity index (χ1v) is 11.3. The number of ether oxygens (including phenoxy) is 1. The number of nitrogens with zero attached hydrogens (tertiary/aromatic N) is 4. The SMILES string of the molecule is C=C/C=C(\C=C=CC(=C)N1CCN(C)CC1)OC1CCN(Cc2cnc(N)s2)CC1. The summed E-state index contributed by atoms with van der Waals surface area (Å²) < 4.78 is 6.22. The normalized spacial score (nSPS) is 19.2. The van der Waals surface area contributed by atoms with Crippen LogP contribution in [0.2, 0.25) is 0 Å². The van der Waals surface area contributed by atoms with Gasteiger partial charge in [0.15, 0.2) is 5.13 Å². The molecule has 0 radical (unpaired) electrons. The molecule has 2 fully saturated rings. The average molecular weight is 428 g/mol. The van der Waals surface area contributed by atoms with Crippen LogP contribution in [0, 0.1) is 0 Å². The highest BCUT2D eigenvalue weighted by atomic mass is 32.1. The van der Waals surface area contributed by atoms with Crippen LogP contribution in [0.4, 0.5) is 5.13 Å². The average Bonchev–Trinajstić information content (AvgIpc) is 3.14. The summed E-state index contributed by atoms with van der Waals surface area (Å²) in [5.41, 5.74) is 9.96. The molecule has 0 aliphatic carbocycles. The van der Waals surface area contributed by atoms with Crippen molar-refractivity contribution < 1.29 is 4.74 Å². The van der Waals surface area contributed by atoms with Crippen LogP contribution in [-0.4, -0.2) is 72.1 Å². The lowest BCUT2D eigenvalue weighted by molar-refractivity contribution is 0.0535. The summed E-state index contributed by atoms with van der Waals surface area (Å²) in [6, 6.07) is 0. The topological polar surface area (TPSA) is 57.9 Å². The number of likely N-dealkylation sites (N-methyl/N-ethyl adjacent to an activating group) is 1. The number of piperidine rings is 1. The lowest BCUT2D eigenvalue weighted by Crippen LogP contribution is -2.43. The van der Waals surface area contributed by atoms with Crippen LogP contribution < -0.4 is 5.73 Å². The Labute approximate surface area is 184 Å². The Bertz CT molecular complexity index is 807. The first kappa shape index (κ1) is 22.4.